The number of benzene rings is 1. The highest BCUT2D eigenvalue weighted by Gasteiger charge is 2.29. The molecule has 1 aromatic rings. The van der Waals surface area contributed by atoms with Gasteiger partial charge in [0, 0.05) is 50.1 Å². The molecular formula is C18H28N4O. The van der Waals surface area contributed by atoms with Crippen LogP contribution < -0.4 is 16.0 Å². The summed E-state index contributed by atoms with van der Waals surface area (Å²) in [7, 11) is 0. The van der Waals surface area contributed by atoms with E-state index < -0.39 is 0 Å². The second kappa shape index (κ2) is 6.79. The zero-order valence-corrected chi connectivity index (χ0v) is 14.2. The third-order valence-corrected chi connectivity index (χ3v) is 4.94. The first-order chi connectivity index (χ1) is 11.0. The Hall–Kier alpha value is -1.75. The third kappa shape index (κ3) is 3.61. The van der Waals surface area contributed by atoms with E-state index in [1.807, 2.05) is 12.1 Å². The monoisotopic (exact) mass is 316 g/mol. The van der Waals surface area contributed by atoms with Crippen LogP contribution in [0, 0.1) is 5.92 Å². The van der Waals surface area contributed by atoms with Gasteiger partial charge >= 0.3 is 0 Å². The summed E-state index contributed by atoms with van der Waals surface area (Å²) < 4.78 is 0. The van der Waals surface area contributed by atoms with Crippen molar-refractivity contribution in [3.63, 3.8) is 0 Å². The molecule has 3 fully saturated rings. The van der Waals surface area contributed by atoms with Crippen LogP contribution in [-0.2, 0) is 0 Å². The number of nitrogen functional groups attached to an aromatic ring is 1. The van der Waals surface area contributed by atoms with Gasteiger partial charge in [0.05, 0.1) is 5.56 Å². The third-order valence-electron chi connectivity index (χ3n) is 4.94. The molecule has 5 nitrogen and oxygen atoms in total. The fourth-order valence-corrected chi connectivity index (χ4v) is 3.54. The maximum absolute atomic E-state index is 12.4. The van der Waals surface area contributed by atoms with Crippen molar-refractivity contribution < 1.29 is 4.79 Å². The van der Waals surface area contributed by atoms with E-state index in [9.17, 15) is 4.79 Å². The second-order valence-corrected chi connectivity index (χ2v) is 7.14. The second-order valence-electron chi connectivity index (χ2n) is 7.14. The lowest BCUT2D eigenvalue weighted by molar-refractivity contribution is 0.0950. The van der Waals surface area contributed by atoms with E-state index in [0.717, 1.165) is 18.8 Å². The Bertz CT molecular complexity index is 564. The maximum atomic E-state index is 12.4. The van der Waals surface area contributed by atoms with Crippen molar-refractivity contribution in [1.82, 2.24) is 10.2 Å². The lowest BCUT2D eigenvalue weighted by Gasteiger charge is -2.33. The lowest BCUT2D eigenvalue weighted by Crippen LogP contribution is -2.38. The largest absolute Gasteiger partial charge is 0.398 e. The van der Waals surface area contributed by atoms with Gasteiger partial charge in [-0.2, -0.15) is 0 Å². The first-order valence-electron chi connectivity index (χ1n) is 8.71. The molecule has 1 aromatic carbocycles. The molecule has 0 saturated carbocycles. The van der Waals surface area contributed by atoms with Crippen molar-refractivity contribution in [3.05, 3.63) is 23.8 Å². The van der Waals surface area contributed by atoms with Crippen LogP contribution in [0.25, 0.3) is 0 Å². The van der Waals surface area contributed by atoms with E-state index in [1.54, 1.807) is 0 Å². The molecule has 3 N–H and O–H groups in total. The molecule has 23 heavy (non-hydrogen) atoms. The SMILES string of the molecule is CC(C)CNC(=O)c1cc(N2CCN3CCC2CC3)ccc1N. The molecule has 4 rings (SSSR count). The number of carbonyl (C=O) groups is 1. The fourth-order valence-electron chi connectivity index (χ4n) is 3.54. The van der Waals surface area contributed by atoms with E-state index >= 15 is 0 Å². The lowest BCUT2D eigenvalue weighted by atomic mass is 10.0. The highest BCUT2D eigenvalue weighted by Crippen LogP contribution is 2.29. The predicted molar refractivity (Wildman–Crippen MR) is 94.8 cm³/mol. The van der Waals surface area contributed by atoms with Gasteiger partial charge in [0.25, 0.3) is 5.91 Å². The van der Waals surface area contributed by atoms with E-state index in [2.05, 4.69) is 35.0 Å². The van der Waals surface area contributed by atoms with Crippen LogP contribution in [0.2, 0.25) is 0 Å². The Morgan fingerprint density at radius 3 is 2.70 bits per heavy atom. The molecule has 0 atom stereocenters. The minimum absolute atomic E-state index is 0.0686. The first-order valence-corrected chi connectivity index (χ1v) is 8.71. The zero-order valence-electron chi connectivity index (χ0n) is 14.2. The summed E-state index contributed by atoms with van der Waals surface area (Å²) in [5.74, 6) is 0.361. The number of hydrogen-bond acceptors (Lipinski definition) is 4. The van der Waals surface area contributed by atoms with Crippen LogP contribution in [0.1, 0.15) is 37.0 Å². The van der Waals surface area contributed by atoms with Crippen molar-refractivity contribution in [2.24, 2.45) is 5.92 Å². The summed E-state index contributed by atoms with van der Waals surface area (Å²) in [5.41, 5.74) is 8.33. The molecule has 126 valence electrons. The van der Waals surface area contributed by atoms with Crippen molar-refractivity contribution in [1.29, 1.82) is 0 Å². The van der Waals surface area contributed by atoms with Crippen LogP contribution in [-0.4, -0.2) is 49.6 Å². The molecule has 3 aliphatic heterocycles. The number of hydrogen-bond donors (Lipinski definition) is 2. The van der Waals surface area contributed by atoms with Crippen LogP contribution >= 0.6 is 0 Å². The number of amides is 1. The first kappa shape index (κ1) is 16.1. The van der Waals surface area contributed by atoms with Crippen LogP contribution in [0.15, 0.2) is 18.2 Å². The number of fused-ring (bicyclic) bond motifs is 4. The van der Waals surface area contributed by atoms with Gasteiger partial charge in [-0.15, -0.1) is 0 Å². The molecular weight excluding hydrogens is 288 g/mol. The standard InChI is InChI=1S/C18H28N4O/c1-13(2)12-20-18(23)16-11-15(3-4-17(16)19)22-10-9-21-7-5-14(22)6-8-21/h3-4,11,13-14H,5-10,12,19H2,1-2H3,(H,20,23). The Kier molecular flexibility index (Phi) is 4.76. The molecule has 0 spiro atoms. The van der Waals surface area contributed by atoms with Crippen molar-refractivity contribution in [2.75, 3.05) is 43.4 Å². The Labute approximate surface area is 138 Å². The molecule has 0 unspecified atom stereocenters. The van der Waals surface area contributed by atoms with Gasteiger partial charge in [0.15, 0.2) is 0 Å². The molecule has 3 aliphatic rings. The van der Waals surface area contributed by atoms with Gasteiger partial charge in [-0.3, -0.25) is 4.79 Å². The zero-order chi connectivity index (χ0) is 16.4. The number of nitrogens with one attached hydrogen (secondary N) is 1. The van der Waals surface area contributed by atoms with Crippen LogP contribution in [0.3, 0.4) is 0 Å². The normalized spacial score (nSPS) is 23.9. The number of piperidine rings is 1. The summed E-state index contributed by atoms with van der Waals surface area (Å²) in [6.07, 6.45) is 2.42. The van der Waals surface area contributed by atoms with E-state index in [-0.39, 0.29) is 5.91 Å². The van der Waals surface area contributed by atoms with E-state index in [0.29, 0.717) is 29.8 Å². The van der Waals surface area contributed by atoms with Gasteiger partial charge < -0.3 is 20.9 Å². The van der Waals surface area contributed by atoms with Gasteiger partial charge in [-0.05, 0) is 37.0 Å². The number of carbonyl (C=O) groups excluding carboxylic acids is 1. The van der Waals surface area contributed by atoms with Gasteiger partial charge in [-0.25, -0.2) is 0 Å². The molecule has 1 amide bonds. The molecule has 0 radical (unpaired) electrons. The molecule has 0 aromatic heterocycles. The summed E-state index contributed by atoms with van der Waals surface area (Å²) in [4.78, 5) is 17.4. The van der Waals surface area contributed by atoms with Crippen molar-refractivity contribution in [3.8, 4) is 0 Å². The highest BCUT2D eigenvalue weighted by atomic mass is 16.1. The molecule has 3 saturated heterocycles. The highest BCUT2D eigenvalue weighted by molar-refractivity contribution is 6.00. The van der Waals surface area contributed by atoms with Crippen LogP contribution in [0.5, 0.6) is 0 Å². The summed E-state index contributed by atoms with van der Waals surface area (Å²) >= 11 is 0. The summed E-state index contributed by atoms with van der Waals surface area (Å²) in [6, 6.07) is 6.49. The molecule has 0 aliphatic carbocycles. The van der Waals surface area contributed by atoms with Crippen molar-refractivity contribution >= 4 is 17.3 Å². The van der Waals surface area contributed by atoms with Gasteiger partial charge in [0.1, 0.15) is 0 Å². The summed E-state index contributed by atoms with van der Waals surface area (Å²) in [6.45, 7) is 9.36. The number of rotatable bonds is 4. The molecule has 3 heterocycles. The van der Waals surface area contributed by atoms with Crippen molar-refractivity contribution in [2.45, 2.75) is 32.7 Å². The van der Waals surface area contributed by atoms with E-state index in [1.165, 1.54) is 25.9 Å². The Morgan fingerprint density at radius 2 is 2.00 bits per heavy atom. The molecule has 5 heteroatoms. The Morgan fingerprint density at radius 1 is 1.26 bits per heavy atom. The van der Waals surface area contributed by atoms with Gasteiger partial charge in [-0.1, -0.05) is 13.8 Å². The minimum Gasteiger partial charge on any atom is -0.398 e. The number of anilines is 2. The fraction of sp³-hybridized carbons (Fsp3) is 0.611. The quantitative estimate of drug-likeness (QED) is 0.834. The Balaban J connectivity index is 1.80. The predicted octanol–water partition coefficient (Wildman–Crippen LogP) is 1.94. The minimum atomic E-state index is -0.0686. The maximum Gasteiger partial charge on any atom is 0.253 e. The summed E-state index contributed by atoms with van der Waals surface area (Å²) in [5, 5.41) is 2.97. The smallest absolute Gasteiger partial charge is 0.253 e. The number of nitrogens with two attached hydrogens (primary N) is 1. The average Bonchev–Trinajstić information content (AvgIpc) is 2.87. The van der Waals surface area contributed by atoms with Gasteiger partial charge in [0.2, 0.25) is 0 Å². The number of nitrogens with zero attached hydrogens (tertiary/aromatic N) is 2. The topological polar surface area (TPSA) is 61.6 Å². The molecule has 2 bridgehead atoms. The average molecular weight is 316 g/mol. The van der Waals surface area contributed by atoms with E-state index in [4.69, 9.17) is 5.73 Å². The van der Waals surface area contributed by atoms with Crippen LogP contribution in [0.4, 0.5) is 11.4 Å².